The summed E-state index contributed by atoms with van der Waals surface area (Å²) in [4.78, 5) is 0. The van der Waals surface area contributed by atoms with E-state index in [9.17, 15) is 9.50 Å². The standard InChI is InChI=1S/C12H16FNO/c1-7-5-9(15)6-10(11(7)13)12(3-4-12)8(2)14/h5-6,8,15H,3-4,14H2,1-2H3. The molecule has 1 fully saturated rings. The molecular weight excluding hydrogens is 193 g/mol. The summed E-state index contributed by atoms with van der Waals surface area (Å²) < 4.78 is 13.9. The number of hydrogen-bond acceptors (Lipinski definition) is 2. The van der Waals surface area contributed by atoms with Gasteiger partial charge in [-0.1, -0.05) is 0 Å². The normalized spacial score (nSPS) is 20.0. The van der Waals surface area contributed by atoms with E-state index in [1.165, 1.54) is 12.1 Å². The Morgan fingerprint density at radius 3 is 2.53 bits per heavy atom. The number of phenols is 1. The maximum absolute atomic E-state index is 13.9. The van der Waals surface area contributed by atoms with Gasteiger partial charge in [-0.25, -0.2) is 4.39 Å². The van der Waals surface area contributed by atoms with Crippen molar-refractivity contribution in [3.05, 3.63) is 29.1 Å². The quantitative estimate of drug-likeness (QED) is 0.784. The number of halogens is 1. The molecule has 0 radical (unpaired) electrons. The van der Waals surface area contributed by atoms with E-state index in [0.717, 1.165) is 12.8 Å². The van der Waals surface area contributed by atoms with E-state index in [0.29, 0.717) is 11.1 Å². The highest BCUT2D eigenvalue weighted by Gasteiger charge is 2.49. The molecule has 2 nitrogen and oxygen atoms in total. The molecule has 1 saturated carbocycles. The van der Waals surface area contributed by atoms with Gasteiger partial charge in [0.1, 0.15) is 11.6 Å². The summed E-state index contributed by atoms with van der Waals surface area (Å²) in [6.45, 7) is 3.56. The second kappa shape index (κ2) is 3.20. The molecule has 82 valence electrons. The van der Waals surface area contributed by atoms with Crippen LogP contribution < -0.4 is 5.73 Å². The van der Waals surface area contributed by atoms with Gasteiger partial charge in [-0.3, -0.25) is 0 Å². The molecule has 1 unspecified atom stereocenters. The first-order valence-corrected chi connectivity index (χ1v) is 5.22. The van der Waals surface area contributed by atoms with Crippen molar-refractivity contribution in [2.24, 2.45) is 5.73 Å². The first kappa shape index (κ1) is 10.4. The first-order chi connectivity index (χ1) is 6.97. The van der Waals surface area contributed by atoms with E-state index >= 15 is 0 Å². The topological polar surface area (TPSA) is 46.2 Å². The van der Waals surface area contributed by atoms with E-state index in [-0.39, 0.29) is 23.0 Å². The summed E-state index contributed by atoms with van der Waals surface area (Å²) in [5.41, 5.74) is 6.70. The lowest BCUT2D eigenvalue weighted by Gasteiger charge is -2.21. The molecule has 15 heavy (non-hydrogen) atoms. The van der Waals surface area contributed by atoms with Crippen LogP contribution in [0.5, 0.6) is 5.75 Å². The molecule has 3 N–H and O–H groups in total. The molecule has 3 heteroatoms. The van der Waals surface area contributed by atoms with E-state index in [2.05, 4.69) is 0 Å². The van der Waals surface area contributed by atoms with Crippen LogP contribution in [0.3, 0.4) is 0 Å². The molecule has 1 aliphatic carbocycles. The predicted octanol–water partition coefficient (Wildman–Crippen LogP) is 2.22. The second-order valence-electron chi connectivity index (χ2n) is 4.57. The van der Waals surface area contributed by atoms with Gasteiger partial charge in [-0.15, -0.1) is 0 Å². The number of nitrogens with two attached hydrogens (primary N) is 1. The third-order valence-corrected chi connectivity index (χ3v) is 3.44. The number of rotatable bonds is 2. The van der Waals surface area contributed by atoms with Crippen molar-refractivity contribution in [3.63, 3.8) is 0 Å². The summed E-state index contributed by atoms with van der Waals surface area (Å²) in [7, 11) is 0. The summed E-state index contributed by atoms with van der Waals surface area (Å²) in [5.74, 6) is -0.0987. The smallest absolute Gasteiger partial charge is 0.130 e. The van der Waals surface area contributed by atoms with Crippen LogP contribution in [-0.4, -0.2) is 11.1 Å². The Kier molecular flexibility index (Phi) is 2.23. The van der Waals surface area contributed by atoms with Gasteiger partial charge in [0, 0.05) is 11.5 Å². The lowest BCUT2D eigenvalue weighted by molar-refractivity contribution is 0.460. The van der Waals surface area contributed by atoms with Crippen molar-refractivity contribution in [1.82, 2.24) is 0 Å². The monoisotopic (exact) mass is 209 g/mol. The number of benzene rings is 1. The highest BCUT2D eigenvalue weighted by atomic mass is 19.1. The minimum Gasteiger partial charge on any atom is -0.508 e. The average Bonchev–Trinajstić information content (AvgIpc) is 2.91. The van der Waals surface area contributed by atoms with Crippen LogP contribution in [0.15, 0.2) is 12.1 Å². The summed E-state index contributed by atoms with van der Waals surface area (Å²) >= 11 is 0. The molecule has 0 bridgehead atoms. The van der Waals surface area contributed by atoms with Crippen molar-refractivity contribution < 1.29 is 9.50 Å². The zero-order chi connectivity index (χ0) is 11.2. The van der Waals surface area contributed by atoms with Gasteiger partial charge in [-0.2, -0.15) is 0 Å². The van der Waals surface area contributed by atoms with Crippen molar-refractivity contribution in [2.75, 3.05) is 0 Å². The molecular formula is C12H16FNO. The molecule has 0 aromatic heterocycles. The van der Waals surface area contributed by atoms with Crippen LogP contribution >= 0.6 is 0 Å². The molecule has 0 aliphatic heterocycles. The molecule has 2 rings (SSSR count). The Bertz CT molecular complexity index is 397. The van der Waals surface area contributed by atoms with Gasteiger partial charge in [0.15, 0.2) is 0 Å². The fourth-order valence-electron chi connectivity index (χ4n) is 2.22. The Hall–Kier alpha value is -1.09. The van der Waals surface area contributed by atoms with Crippen LogP contribution in [0, 0.1) is 12.7 Å². The summed E-state index contributed by atoms with van der Waals surface area (Å²) in [5, 5.41) is 9.48. The van der Waals surface area contributed by atoms with Crippen molar-refractivity contribution in [2.45, 2.75) is 38.1 Å². The Labute approximate surface area is 88.9 Å². The van der Waals surface area contributed by atoms with Gasteiger partial charge < -0.3 is 10.8 Å². The second-order valence-corrected chi connectivity index (χ2v) is 4.57. The number of phenolic OH excluding ortho intramolecular Hbond substituents is 1. The van der Waals surface area contributed by atoms with Gasteiger partial charge >= 0.3 is 0 Å². The largest absolute Gasteiger partial charge is 0.508 e. The van der Waals surface area contributed by atoms with E-state index in [4.69, 9.17) is 5.73 Å². The van der Waals surface area contributed by atoms with Gasteiger partial charge in [0.25, 0.3) is 0 Å². The number of hydrogen-bond donors (Lipinski definition) is 2. The molecule has 1 aliphatic rings. The molecule has 0 spiro atoms. The van der Waals surface area contributed by atoms with Gasteiger partial charge in [0.2, 0.25) is 0 Å². The third kappa shape index (κ3) is 1.51. The van der Waals surface area contributed by atoms with Gasteiger partial charge in [-0.05, 0) is 49.9 Å². The lowest BCUT2D eigenvalue weighted by atomic mass is 9.88. The molecule has 0 saturated heterocycles. The SMILES string of the molecule is Cc1cc(O)cc(C2(C(C)N)CC2)c1F. The molecule has 1 aromatic rings. The zero-order valence-electron chi connectivity index (χ0n) is 9.05. The van der Waals surface area contributed by atoms with E-state index < -0.39 is 0 Å². The first-order valence-electron chi connectivity index (χ1n) is 5.22. The van der Waals surface area contributed by atoms with Crippen LogP contribution in [-0.2, 0) is 5.41 Å². The van der Waals surface area contributed by atoms with Crippen molar-refractivity contribution >= 4 is 0 Å². The minimum atomic E-state index is -0.242. The number of aryl methyl sites for hydroxylation is 1. The molecule has 1 atom stereocenters. The highest BCUT2D eigenvalue weighted by Crippen LogP contribution is 2.52. The predicted molar refractivity (Wildman–Crippen MR) is 57.4 cm³/mol. The van der Waals surface area contributed by atoms with Crippen molar-refractivity contribution in [3.8, 4) is 5.75 Å². The summed E-state index contributed by atoms with van der Waals surface area (Å²) in [6.07, 6.45) is 1.81. The fraction of sp³-hybridized carbons (Fsp3) is 0.500. The van der Waals surface area contributed by atoms with E-state index in [1.807, 2.05) is 6.92 Å². The fourth-order valence-corrected chi connectivity index (χ4v) is 2.22. The molecule has 1 aromatic carbocycles. The van der Waals surface area contributed by atoms with Crippen molar-refractivity contribution in [1.29, 1.82) is 0 Å². The Morgan fingerprint density at radius 2 is 2.07 bits per heavy atom. The lowest BCUT2D eigenvalue weighted by Crippen LogP contribution is -2.32. The average molecular weight is 209 g/mol. The highest BCUT2D eigenvalue weighted by molar-refractivity contribution is 5.43. The Balaban J connectivity index is 2.53. The Morgan fingerprint density at radius 1 is 1.47 bits per heavy atom. The molecule has 0 amide bonds. The van der Waals surface area contributed by atoms with Crippen LogP contribution in [0.4, 0.5) is 4.39 Å². The van der Waals surface area contributed by atoms with Gasteiger partial charge in [0.05, 0.1) is 0 Å². The third-order valence-electron chi connectivity index (χ3n) is 3.44. The van der Waals surface area contributed by atoms with Crippen LogP contribution in [0.1, 0.15) is 30.9 Å². The summed E-state index contributed by atoms with van der Waals surface area (Å²) in [6, 6.07) is 2.88. The molecule has 0 heterocycles. The zero-order valence-corrected chi connectivity index (χ0v) is 9.05. The van der Waals surface area contributed by atoms with E-state index in [1.54, 1.807) is 6.92 Å². The van der Waals surface area contributed by atoms with Crippen LogP contribution in [0.2, 0.25) is 0 Å². The maximum atomic E-state index is 13.9. The number of aromatic hydroxyl groups is 1. The maximum Gasteiger partial charge on any atom is 0.130 e. The van der Waals surface area contributed by atoms with Crippen LogP contribution in [0.25, 0.3) is 0 Å². The minimum absolute atomic E-state index is 0.0757.